The lowest BCUT2D eigenvalue weighted by Crippen LogP contribution is -1.98. The second kappa shape index (κ2) is 8.85. The molecular formula is C21H20N2O5. The Bertz CT molecular complexity index is 1000. The highest BCUT2D eigenvalue weighted by molar-refractivity contribution is 5.87. The highest BCUT2D eigenvalue weighted by Crippen LogP contribution is 2.35. The van der Waals surface area contributed by atoms with Crippen LogP contribution in [0.3, 0.4) is 0 Å². The predicted octanol–water partition coefficient (Wildman–Crippen LogP) is 4.02. The number of esters is 1. The standard InChI is InChI=1S/C21H20N2O5/c1-4-27-20(24)10-7-14-5-8-15(9-6-14)28-21-16-11-18(25-2)19(26-3)12-17(16)22-13-23-21/h5-13H,4H2,1-3H3. The lowest BCUT2D eigenvalue weighted by atomic mass is 10.2. The molecule has 7 nitrogen and oxygen atoms in total. The fraction of sp³-hybridized carbons (Fsp3) is 0.190. The third-order valence-corrected chi connectivity index (χ3v) is 3.90. The Balaban J connectivity index is 1.83. The summed E-state index contributed by atoms with van der Waals surface area (Å²) >= 11 is 0. The largest absolute Gasteiger partial charge is 0.493 e. The van der Waals surface area contributed by atoms with E-state index >= 15 is 0 Å². The number of ether oxygens (including phenoxy) is 4. The average Bonchev–Trinajstić information content (AvgIpc) is 2.72. The molecule has 0 aliphatic carbocycles. The zero-order valence-electron chi connectivity index (χ0n) is 15.8. The molecule has 28 heavy (non-hydrogen) atoms. The summed E-state index contributed by atoms with van der Waals surface area (Å²) in [6.07, 6.45) is 4.50. The van der Waals surface area contributed by atoms with Gasteiger partial charge in [-0.05, 0) is 36.8 Å². The molecule has 0 spiro atoms. The Hall–Kier alpha value is -3.61. The van der Waals surface area contributed by atoms with Crippen molar-refractivity contribution >= 4 is 22.9 Å². The van der Waals surface area contributed by atoms with Crippen molar-refractivity contribution in [1.82, 2.24) is 9.97 Å². The minimum atomic E-state index is -0.375. The fourth-order valence-corrected chi connectivity index (χ4v) is 2.55. The maximum atomic E-state index is 11.4. The van der Waals surface area contributed by atoms with E-state index in [2.05, 4.69) is 9.97 Å². The zero-order chi connectivity index (χ0) is 19.9. The first-order chi connectivity index (χ1) is 13.6. The molecule has 1 aromatic heterocycles. The summed E-state index contributed by atoms with van der Waals surface area (Å²) < 4.78 is 21.4. The highest BCUT2D eigenvalue weighted by atomic mass is 16.5. The molecule has 2 aromatic carbocycles. The van der Waals surface area contributed by atoms with Gasteiger partial charge in [-0.2, -0.15) is 0 Å². The molecule has 3 rings (SSSR count). The van der Waals surface area contributed by atoms with Crippen molar-refractivity contribution in [2.24, 2.45) is 0 Å². The maximum Gasteiger partial charge on any atom is 0.330 e. The van der Waals surface area contributed by atoms with Crippen molar-refractivity contribution in [2.45, 2.75) is 6.92 Å². The SMILES string of the molecule is CCOC(=O)C=Cc1ccc(Oc2ncnc3cc(OC)c(OC)cc23)cc1. The van der Waals surface area contributed by atoms with Crippen LogP contribution in [0.25, 0.3) is 17.0 Å². The van der Waals surface area contributed by atoms with Gasteiger partial charge in [0.25, 0.3) is 0 Å². The van der Waals surface area contributed by atoms with Crippen LogP contribution < -0.4 is 14.2 Å². The van der Waals surface area contributed by atoms with Crippen molar-refractivity contribution < 1.29 is 23.7 Å². The Labute approximate surface area is 162 Å². The zero-order valence-corrected chi connectivity index (χ0v) is 15.8. The minimum Gasteiger partial charge on any atom is -0.493 e. The normalized spacial score (nSPS) is 10.8. The average molecular weight is 380 g/mol. The molecule has 0 bridgehead atoms. The third kappa shape index (κ3) is 4.37. The number of methoxy groups -OCH3 is 2. The van der Waals surface area contributed by atoms with Crippen LogP contribution in [0, 0.1) is 0 Å². The molecule has 7 heteroatoms. The molecule has 0 radical (unpaired) electrons. The molecule has 0 atom stereocenters. The third-order valence-electron chi connectivity index (χ3n) is 3.90. The van der Waals surface area contributed by atoms with Crippen LogP contribution in [-0.2, 0) is 9.53 Å². The Morgan fingerprint density at radius 1 is 1.04 bits per heavy atom. The van der Waals surface area contributed by atoms with E-state index in [-0.39, 0.29) is 5.97 Å². The molecular weight excluding hydrogens is 360 g/mol. The second-order valence-electron chi connectivity index (χ2n) is 5.66. The van der Waals surface area contributed by atoms with Crippen LogP contribution in [0.15, 0.2) is 48.8 Å². The van der Waals surface area contributed by atoms with Gasteiger partial charge in [-0.3, -0.25) is 0 Å². The van der Waals surface area contributed by atoms with Gasteiger partial charge < -0.3 is 18.9 Å². The smallest absolute Gasteiger partial charge is 0.330 e. The van der Waals surface area contributed by atoms with Gasteiger partial charge in [-0.15, -0.1) is 0 Å². The first-order valence-electron chi connectivity index (χ1n) is 8.64. The molecule has 0 unspecified atom stereocenters. The summed E-state index contributed by atoms with van der Waals surface area (Å²) in [6, 6.07) is 10.8. The topological polar surface area (TPSA) is 79.8 Å². The van der Waals surface area contributed by atoms with E-state index in [1.807, 2.05) is 12.1 Å². The summed E-state index contributed by atoms with van der Waals surface area (Å²) in [6.45, 7) is 2.11. The highest BCUT2D eigenvalue weighted by Gasteiger charge is 2.12. The number of carbonyl (C=O) groups excluding carboxylic acids is 1. The number of rotatable bonds is 7. The summed E-state index contributed by atoms with van der Waals surface area (Å²) in [4.78, 5) is 19.9. The van der Waals surface area contributed by atoms with Crippen molar-refractivity contribution in [1.29, 1.82) is 0 Å². The summed E-state index contributed by atoms with van der Waals surface area (Å²) in [5, 5.41) is 0.700. The fourth-order valence-electron chi connectivity index (χ4n) is 2.55. The molecule has 0 fully saturated rings. The number of hydrogen-bond acceptors (Lipinski definition) is 7. The summed E-state index contributed by atoms with van der Waals surface area (Å²) in [7, 11) is 3.14. The predicted molar refractivity (Wildman–Crippen MR) is 105 cm³/mol. The van der Waals surface area contributed by atoms with Gasteiger partial charge in [0.05, 0.1) is 31.7 Å². The number of carbonyl (C=O) groups is 1. The number of benzene rings is 2. The van der Waals surface area contributed by atoms with Crippen LogP contribution in [0.4, 0.5) is 0 Å². The van der Waals surface area contributed by atoms with Gasteiger partial charge >= 0.3 is 5.97 Å². The maximum absolute atomic E-state index is 11.4. The number of aromatic nitrogens is 2. The number of hydrogen-bond donors (Lipinski definition) is 0. The van der Waals surface area contributed by atoms with Crippen molar-refractivity contribution in [2.75, 3.05) is 20.8 Å². The molecule has 0 N–H and O–H groups in total. The molecule has 1 heterocycles. The first-order valence-corrected chi connectivity index (χ1v) is 8.64. The van der Waals surface area contributed by atoms with E-state index in [1.165, 1.54) is 12.4 Å². The van der Waals surface area contributed by atoms with Crippen molar-refractivity contribution in [3.63, 3.8) is 0 Å². The Morgan fingerprint density at radius 2 is 1.75 bits per heavy atom. The van der Waals surface area contributed by atoms with Gasteiger partial charge in [-0.1, -0.05) is 12.1 Å². The van der Waals surface area contributed by atoms with E-state index < -0.39 is 0 Å². The monoisotopic (exact) mass is 380 g/mol. The van der Waals surface area contributed by atoms with Crippen molar-refractivity contribution in [3.8, 4) is 23.1 Å². The van der Waals surface area contributed by atoms with E-state index in [9.17, 15) is 4.79 Å². The van der Waals surface area contributed by atoms with Crippen LogP contribution in [0.5, 0.6) is 23.1 Å². The molecule has 0 amide bonds. The molecule has 3 aromatic rings. The van der Waals surface area contributed by atoms with E-state index in [4.69, 9.17) is 18.9 Å². The minimum absolute atomic E-state index is 0.347. The Kier molecular flexibility index (Phi) is 6.06. The van der Waals surface area contributed by atoms with Crippen LogP contribution in [0.1, 0.15) is 12.5 Å². The van der Waals surface area contributed by atoms with Gasteiger partial charge in [-0.25, -0.2) is 14.8 Å². The van der Waals surface area contributed by atoms with Crippen LogP contribution in [-0.4, -0.2) is 36.8 Å². The molecule has 0 saturated carbocycles. The van der Waals surface area contributed by atoms with Crippen molar-refractivity contribution in [3.05, 3.63) is 54.4 Å². The van der Waals surface area contributed by atoms with E-state index in [0.29, 0.717) is 40.6 Å². The molecule has 144 valence electrons. The summed E-state index contributed by atoms with van der Waals surface area (Å²) in [5.74, 6) is 1.77. The molecule has 0 aliphatic heterocycles. The van der Waals surface area contributed by atoms with Gasteiger partial charge in [0.15, 0.2) is 11.5 Å². The van der Waals surface area contributed by atoms with E-state index in [0.717, 1.165) is 5.56 Å². The van der Waals surface area contributed by atoms with Gasteiger partial charge in [0.1, 0.15) is 12.1 Å². The summed E-state index contributed by atoms with van der Waals surface area (Å²) in [5.41, 5.74) is 1.52. The number of fused-ring (bicyclic) bond motifs is 1. The van der Waals surface area contributed by atoms with Crippen LogP contribution >= 0.6 is 0 Å². The molecule has 0 saturated heterocycles. The Morgan fingerprint density at radius 3 is 2.43 bits per heavy atom. The van der Waals surface area contributed by atoms with E-state index in [1.54, 1.807) is 51.5 Å². The molecule has 0 aliphatic rings. The number of nitrogens with zero attached hydrogens (tertiary/aromatic N) is 2. The quantitative estimate of drug-likeness (QED) is 0.452. The first kappa shape index (κ1) is 19.2. The lowest BCUT2D eigenvalue weighted by molar-refractivity contribution is -0.137. The van der Waals surface area contributed by atoms with Gasteiger partial charge in [0.2, 0.25) is 5.88 Å². The van der Waals surface area contributed by atoms with Crippen LogP contribution in [0.2, 0.25) is 0 Å². The van der Waals surface area contributed by atoms with Gasteiger partial charge in [0, 0.05) is 12.1 Å². The second-order valence-corrected chi connectivity index (χ2v) is 5.66. The lowest BCUT2D eigenvalue weighted by Gasteiger charge is -2.11.